The average molecular weight is 400 g/mol. The van der Waals surface area contributed by atoms with Gasteiger partial charge in [0, 0.05) is 24.1 Å². The van der Waals surface area contributed by atoms with Crippen LogP contribution >= 0.6 is 0 Å². The van der Waals surface area contributed by atoms with E-state index < -0.39 is 35.1 Å². The maximum atomic E-state index is 14.6. The van der Waals surface area contributed by atoms with Gasteiger partial charge in [-0.25, -0.2) is 8.78 Å². The Hall–Kier alpha value is -3.06. The molecule has 1 heterocycles. The monoisotopic (exact) mass is 400 g/mol. The molecule has 152 valence electrons. The molecule has 7 heteroatoms. The lowest BCUT2D eigenvalue weighted by atomic mass is 9.95. The van der Waals surface area contributed by atoms with E-state index >= 15 is 0 Å². The van der Waals surface area contributed by atoms with E-state index in [4.69, 9.17) is 0 Å². The molecule has 1 atom stereocenters. The Morgan fingerprint density at radius 1 is 1.07 bits per heavy atom. The molecule has 2 aromatic rings. The van der Waals surface area contributed by atoms with Gasteiger partial charge in [-0.3, -0.25) is 9.59 Å². The average Bonchev–Trinajstić information content (AvgIpc) is 2.93. The molecule has 0 bridgehead atoms. The number of nitrogens with zero attached hydrogens (tertiary/aromatic N) is 1. The standard InChI is InChI=1S/C22H22F2N2O3/c1-25(2)12-5-13-26-19(16-6-3-4-7-17(16)24)18(21(28)22(26)29)20(27)14-8-10-15(23)11-9-14/h3-4,6-11,19,27H,5,12-13H2,1-2H3/b20-18+. The van der Waals surface area contributed by atoms with Gasteiger partial charge in [-0.2, -0.15) is 0 Å². The van der Waals surface area contributed by atoms with Crippen LogP contribution in [0.5, 0.6) is 0 Å². The third-order valence-electron chi connectivity index (χ3n) is 4.91. The van der Waals surface area contributed by atoms with Crippen LogP contribution in [0.15, 0.2) is 54.1 Å². The summed E-state index contributed by atoms with van der Waals surface area (Å²) in [6, 6.07) is 9.38. The van der Waals surface area contributed by atoms with Crippen LogP contribution < -0.4 is 10.0 Å². The third kappa shape index (κ3) is 4.19. The Morgan fingerprint density at radius 2 is 1.72 bits per heavy atom. The summed E-state index contributed by atoms with van der Waals surface area (Å²) >= 11 is 0. The number of rotatable bonds is 6. The van der Waals surface area contributed by atoms with Crippen molar-refractivity contribution < 1.29 is 28.4 Å². The second kappa shape index (κ2) is 8.53. The quantitative estimate of drug-likeness (QED) is 0.442. The van der Waals surface area contributed by atoms with Gasteiger partial charge in [0.2, 0.25) is 5.78 Å². The van der Waals surface area contributed by atoms with Gasteiger partial charge in [0.05, 0.1) is 26.7 Å². The van der Waals surface area contributed by atoms with E-state index in [1.165, 1.54) is 35.2 Å². The van der Waals surface area contributed by atoms with Crippen molar-refractivity contribution in [2.45, 2.75) is 12.5 Å². The number of ketones is 1. The van der Waals surface area contributed by atoms with Crippen molar-refractivity contribution in [1.29, 1.82) is 0 Å². The summed E-state index contributed by atoms with van der Waals surface area (Å²) in [5.41, 5.74) is -0.137. The van der Waals surface area contributed by atoms with Crippen LogP contribution in [-0.4, -0.2) is 43.8 Å². The highest BCUT2D eigenvalue weighted by Gasteiger charge is 2.44. The highest BCUT2D eigenvalue weighted by Crippen LogP contribution is 2.39. The van der Waals surface area contributed by atoms with E-state index in [0.717, 1.165) is 23.6 Å². The molecule has 0 saturated carbocycles. The molecule has 3 rings (SSSR count). The molecule has 1 saturated heterocycles. The molecule has 0 aromatic heterocycles. The third-order valence-corrected chi connectivity index (χ3v) is 4.91. The van der Waals surface area contributed by atoms with E-state index in [0.29, 0.717) is 6.42 Å². The summed E-state index contributed by atoms with van der Waals surface area (Å²) in [6.45, 7) is 0.957. The Labute approximate surface area is 167 Å². The number of carbonyl (C=O) groups is 2. The summed E-state index contributed by atoms with van der Waals surface area (Å²) < 4.78 is 27.8. The number of likely N-dealkylation sites (tertiary alicyclic amines) is 1. The first-order valence-electron chi connectivity index (χ1n) is 9.37. The van der Waals surface area contributed by atoms with E-state index in [2.05, 4.69) is 0 Å². The number of nitrogens with one attached hydrogen (secondary N) is 1. The molecule has 0 aliphatic carbocycles. The molecular formula is C22H22F2N2O3. The summed E-state index contributed by atoms with van der Waals surface area (Å²) in [7, 11) is 3.92. The van der Waals surface area contributed by atoms with Gasteiger partial charge in [-0.15, -0.1) is 0 Å². The molecule has 1 amide bonds. The molecular weight excluding hydrogens is 378 g/mol. The molecule has 1 aliphatic heterocycles. The first-order chi connectivity index (χ1) is 13.8. The number of benzene rings is 2. The maximum absolute atomic E-state index is 14.6. The molecule has 1 aliphatic rings. The number of hydrogen-bond acceptors (Lipinski definition) is 3. The van der Waals surface area contributed by atoms with Crippen molar-refractivity contribution in [3.63, 3.8) is 0 Å². The molecule has 1 N–H and O–H groups in total. The van der Waals surface area contributed by atoms with Gasteiger partial charge in [-0.05, 0) is 23.8 Å². The SMILES string of the molecule is C[NH+](C)CCCN1C(=O)C(=O)/C(=C(/[O-])c2ccc(F)cc2)C1c1ccccc1F. The van der Waals surface area contributed by atoms with Crippen LogP contribution in [0.25, 0.3) is 5.76 Å². The molecule has 1 unspecified atom stereocenters. The zero-order valence-electron chi connectivity index (χ0n) is 16.2. The zero-order valence-corrected chi connectivity index (χ0v) is 16.2. The normalized spacial score (nSPS) is 18.7. The summed E-state index contributed by atoms with van der Waals surface area (Å²) in [5.74, 6) is -3.59. The predicted molar refractivity (Wildman–Crippen MR) is 101 cm³/mol. The molecule has 1 fully saturated rings. The lowest BCUT2D eigenvalue weighted by molar-refractivity contribution is -0.858. The van der Waals surface area contributed by atoms with E-state index in [9.17, 15) is 23.5 Å². The zero-order chi connectivity index (χ0) is 21.1. The molecule has 5 nitrogen and oxygen atoms in total. The van der Waals surface area contributed by atoms with Gasteiger partial charge < -0.3 is 14.9 Å². The first kappa shape index (κ1) is 20.7. The van der Waals surface area contributed by atoms with Crippen LogP contribution in [0.2, 0.25) is 0 Å². The van der Waals surface area contributed by atoms with Gasteiger partial charge in [-0.1, -0.05) is 36.1 Å². The molecule has 2 aromatic carbocycles. The van der Waals surface area contributed by atoms with Gasteiger partial charge >= 0.3 is 0 Å². The Bertz CT molecular complexity index is 955. The minimum absolute atomic E-state index is 0.0727. The van der Waals surface area contributed by atoms with E-state index in [-0.39, 0.29) is 23.2 Å². The fraction of sp³-hybridized carbons (Fsp3) is 0.273. The number of hydrogen-bond donors (Lipinski definition) is 1. The van der Waals surface area contributed by atoms with Crippen molar-refractivity contribution in [2.24, 2.45) is 0 Å². The number of halogens is 2. The second-order valence-electron chi connectivity index (χ2n) is 7.31. The van der Waals surface area contributed by atoms with E-state index in [1.807, 2.05) is 14.1 Å². The lowest BCUT2D eigenvalue weighted by Crippen LogP contribution is -3.05. The molecule has 0 spiro atoms. The van der Waals surface area contributed by atoms with Crippen LogP contribution in [0.1, 0.15) is 23.6 Å². The Morgan fingerprint density at radius 3 is 2.34 bits per heavy atom. The van der Waals surface area contributed by atoms with Crippen LogP contribution in [0, 0.1) is 11.6 Å². The summed E-state index contributed by atoms with van der Waals surface area (Å²) in [6.07, 6.45) is 0.588. The molecule has 0 radical (unpaired) electrons. The second-order valence-corrected chi connectivity index (χ2v) is 7.31. The van der Waals surface area contributed by atoms with Gasteiger partial charge in [0.25, 0.3) is 5.91 Å². The number of carbonyl (C=O) groups excluding carboxylic acids is 2. The Balaban J connectivity index is 2.11. The first-order valence-corrected chi connectivity index (χ1v) is 9.37. The highest BCUT2D eigenvalue weighted by atomic mass is 19.1. The van der Waals surface area contributed by atoms with Gasteiger partial charge in [0.1, 0.15) is 11.6 Å². The number of quaternary nitrogens is 1. The molecule has 29 heavy (non-hydrogen) atoms. The summed E-state index contributed by atoms with van der Waals surface area (Å²) in [4.78, 5) is 27.9. The fourth-order valence-corrected chi connectivity index (χ4v) is 3.48. The smallest absolute Gasteiger partial charge is 0.295 e. The predicted octanol–water partition coefficient (Wildman–Crippen LogP) is 0.723. The van der Waals surface area contributed by atoms with Crippen LogP contribution in [-0.2, 0) is 9.59 Å². The van der Waals surface area contributed by atoms with Crippen LogP contribution in [0.4, 0.5) is 8.78 Å². The lowest BCUT2D eigenvalue weighted by Gasteiger charge is -2.28. The van der Waals surface area contributed by atoms with Crippen molar-refractivity contribution in [2.75, 3.05) is 27.2 Å². The van der Waals surface area contributed by atoms with Gasteiger partial charge in [0.15, 0.2) is 0 Å². The number of amides is 1. The minimum Gasteiger partial charge on any atom is -0.872 e. The largest absolute Gasteiger partial charge is 0.872 e. The maximum Gasteiger partial charge on any atom is 0.295 e. The number of Topliss-reactive ketones (excluding diaryl/α,β-unsaturated/α-hetero) is 1. The van der Waals surface area contributed by atoms with Crippen molar-refractivity contribution >= 4 is 17.4 Å². The van der Waals surface area contributed by atoms with Crippen LogP contribution in [0.3, 0.4) is 0 Å². The topological polar surface area (TPSA) is 64.9 Å². The highest BCUT2D eigenvalue weighted by molar-refractivity contribution is 6.46. The van der Waals surface area contributed by atoms with Crippen molar-refractivity contribution in [3.05, 3.63) is 76.9 Å². The van der Waals surface area contributed by atoms with Crippen molar-refractivity contribution in [3.8, 4) is 0 Å². The minimum atomic E-state index is -1.11. The fourth-order valence-electron chi connectivity index (χ4n) is 3.48. The summed E-state index contributed by atoms with van der Waals surface area (Å²) in [5, 5.41) is 13.1. The van der Waals surface area contributed by atoms with E-state index in [1.54, 1.807) is 6.07 Å². The van der Waals surface area contributed by atoms with Crippen molar-refractivity contribution in [1.82, 2.24) is 4.90 Å². The Kier molecular flexibility index (Phi) is 6.08.